The molecule has 0 aromatic heterocycles. The molecule has 0 heterocycles. The monoisotopic (exact) mass is 221 g/mol. The largest absolute Gasteiger partial charge is 0.346 e. The lowest BCUT2D eigenvalue weighted by Crippen LogP contribution is -2.38. The highest BCUT2D eigenvalue weighted by molar-refractivity contribution is 5.94. The number of carbonyl (C=O) groups is 1. The topological polar surface area (TPSA) is 20.3 Å². The highest BCUT2D eigenvalue weighted by Crippen LogP contribution is 2.84. The Morgan fingerprint density at radius 3 is 2.12 bits per heavy atom. The summed E-state index contributed by atoms with van der Waals surface area (Å²) in [4.78, 5) is 13.5. The molecule has 3 rings (SSSR count). The van der Waals surface area contributed by atoms with Crippen LogP contribution in [-0.2, 0) is 4.79 Å². The zero-order valence-electron chi connectivity index (χ0n) is 9.66. The number of carbonyl (C=O) groups excluding carboxylic acids is 1. The molecule has 0 spiro atoms. The molecule has 2 saturated carbocycles. The summed E-state index contributed by atoms with van der Waals surface area (Å²) in [6.07, 6.45) is 10.2. The second kappa shape index (κ2) is 2.58. The van der Waals surface area contributed by atoms with E-state index >= 15 is 4.39 Å². The molecule has 16 heavy (non-hydrogen) atoms. The summed E-state index contributed by atoms with van der Waals surface area (Å²) in [5, 5.41) is 0. The molecule has 0 aromatic carbocycles. The van der Waals surface area contributed by atoms with Crippen LogP contribution in [0, 0.1) is 10.8 Å². The smallest absolute Gasteiger partial charge is 0.261 e. The highest BCUT2D eigenvalue weighted by Gasteiger charge is 2.91. The first-order chi connectivity index (χ1) is 7.52. The van der Waals surface area contributed by atoms with E-state index in [2.05, 4.69) is 0 Å². The van der Waals surface area contributed by atoms with Gasteiger partial charge in [0.1, 0.15) is 0 Å². The molecule has 0 N–H and O–H groups in total. The number of nitrogens with zero attached hydrogens (tertiary/aromatic N) is 1. The van der Waals surface area contributed by atoms with Gasteiger partial charge in [0.15, 0.2) is 0 Å². The first-order valence-electron chi connectivity index (χ1n) is 5.80. The molecule has 2 atom stereocenters. The number of alkyl halides is 1. The summed E-state index contributed by atoms with van der Waals surface area (Å²) >= 11 is 0. The van der Waals surface area contributed by atoms with E-state index in [1.54, 1.807) is 14.1 Å². The van der Waals surface area contributed by atoms with Gasteiger partial charge in [-0.3, -0.25) is 4.79 Å². The maximum atomic E-state index is 15.1. The Morgan fingerprint density at radius 1 is 1.19 bits per heavy atom. The molecular weight excluding hydrogens is 205 g/mol. The van der Waals surface area contributed by atoms with Crippen LogP contribution in [0.3, 0.4) is 0 Å². The maximum Gasteiger partial charge on any atom is 0.261 e. The molecule has 0 aliphatic heterocycles. The third kappa shape index (κ3) is 0.702. The average Bonchev–Trinajstić information content (AvgIpc) is 2.60. The number of halogens is 1. The number of amides is 1. The van der Waals surface area contributed by atoms with E-state index < -0.39 is 16.5 Å². The van der Waals surface area contributed by atoms with E-state index in [1.807, 2.05) is 24.3 Å². The van der Waals surface area contributed by atoms with Gasteiger partial charge in [-0.15, -0.1) is 0 Å². The van der Waals surface area contributed by atoms with Crippen molar-refractivity contribution in [3.63, 3.8) is 0 Å². The van der Waals surface area contributed by atoms with Gasteiger partial charge < -0.3 is 4.90 Å². The minimum atomic E-state index is -1.69. The molecule has 3 aliphatic carbocycles. The molecule has 2 fully saturated rings. The summed E-state index contributed by atoms with van der Waals surface area (Å²) in [5.74, 6) is -0.372. The van der Waals surface area contributed by atoms with Gasteiger partial charge in [0, 0.05) is 24.9 Å². The Labute approximate surface area is 94.8 Å². The molecule has 0 aromatic rings. The van der Waals surface area contributed by atoms with Crippen molar-refractivity contribution >= 4 is 5.91 Å². The average molecular weight is 221 g/mol. The van der Waals surface area contributed by atoms with Gasteiger partial charge in [0.2, 0.25) is 5.67 Å². The van der Waals surface area contributed by atoms with Crippen molar-refractivity contribution < 1.29 is 9.18 Å². The predicted molar refractivity (Wildman–Crippen MR) is 59.5 cm³/mol. The second-order valence-corrected chi connectivity index (χ2v) is 5.37. The Bertz CT molecular complexity index is 400. The summed E-state index contributed by atoms with van der Waals surface area (Å²) in [6.45, 7) is 0. The predicted octanol–water partition coefficient (Wildman–Crippen LogP) is 2.08. The molecular formula is C13H16FNO. The fourth-order valence-corrected chi connectivity index (χ4v) is 3.96. The number of hydrogen-bond donors (Lipinski definition) is 0. The van der Waals surface area contributed by atoms with Gasteiger partial charge >= 0.3 is 0 Å². The number of hydrogen-bond acceptors (Lipinski definition) is 1. The van der Waals surface area contributed by atoms with Crippen LogP contribution in [0.25, 0.3) is 0 Å². The van der Waals surface area contributed by atoms with Crippen LogP contribution in [0.15, 0.2) is 24.3 Å². The van der Waals surface area contributed by atoms with Crippen molar-refractivity contribution in [3.8, 4) is 0 Å². The Balaban J connectivity index is 2.10. The molecule has 0 bridgehead atoms. The van der Waals surface area contributed by atoms with Gasteiger partial charge in [-0.2, -0.15) is 0 Å². The van der Waals surface area contributed by atoms with Crippen molar-refractivity contribution in [1.82, 2.24) is 4.90 Å². The Kier molecular flexibility index (Phi) is 1.62. The first-order valence-corrected chi connectivity index (χ1v) is 5.80. The normalized spacial score (nSPS) is 47.4. The van der Waals surface area contributed by atoms with Crippen LogP contribution in [0.5, 0.6) is 0 Å². The lowest BCUT2D eigenvalue weighted by molar-refractivity contribution is -0.138. The van der Waals surface area contributed by atoms with Gasteiger partial charge in [-0.05, 0) is 12.8 Å². The van der Waals surface area contributed by atoms with E-state index in [4.69, 9.17) is 0 Å². The van der Waals surface area contributed by atoms with Crippen molar-refractivity contribution in [1.29, 1.82) is 0 Å². The lowest BCUT2D eigenvalue weighted by atomic mass is 9.92. The summed E-state index contributed by atoms with van der Waals surface area (Å²) in [6, 6.07) is 0. The fourth-order valence-electron chi connectivity index (χ4n) is 3.96. The van der Waals surface area contributed by atoms with Crippen molar-refractivity contribution in [2.75, 3.05) is 14.1 Å². The van der Waals surface area contributed by atoms with E-state index in [0.717, 1.165) is 19.3 Å². The van der Waals surface area contributed by atoms with Crippen LogP contribution >= 0.6 is 0 Å². The molecule has 86 valence electrons. The lowest BCUT2D eigenvalue weighted by Gasteiger charge is -2.20. The minimum absolute atomic E-state index is 0.372. The Hall–Kier alpha value is -1.12. The summed E-state index contributed by atoms with van der Waals surface area (Å²) in [7, 11) is 3.26. The van der Waals surface area contributed by atoms with E-state index in [9.17, 15) is 4.79 Å². The van der Waals surface area contributed by atoms with Crippen molar-refractivity contribution in [2.45, 2.75) is 24.9 Å². The summed E-state index contributed by atoms with van der Waals surface area (Å²) in [5.41, 5.74) is -2.75. The quantitative estimate of drug-likeness (QED) is 0.664. The maximum absolute atomic E-state index is 15.1. The Morgan fingerprint density at radius 2 is 1.69 bits per heavy atom. The zero-order chi connectivity index (χ0) is 11.6. The van der Waals surface area contributed by atoms with E-state index in [-0.39, 0.29) is 5.91 Å². The fraction of sp³-hybridized carbons (Fsp3) is 0.615. The molecule has 3 heteroatoms. The van der Waals surface area contributed by atoms with Crippen LogP contribution in [0.1, 0.15) is 19.3 Å². The SMILES string of the molecule is CN(C)C(=O)C1(F)C23C=CC=CC21CCC3. The molecule has 3 aliphatic rings. The van der Waals surface area contributed by atoms with Gasteiger partial charge in [0.25, 0.3) is 5.91 Å². The van der Waals surface area contributed by atoms with Crippen molar-refractivity contribution in [2.24, 2.45) is 10.8 Å². The molecule has 0 saturated heterocycles. The number of allylic oxidation sites excluding steroid dienone is 4. The van der Waals surface area contributed by atoms with Crippen LogP contribution < -0.4 is 0 Å². The second-order valence-electron chi connectivity index (χ2n) is 5.37. The standard InChI is InChI=1S/C13H16FNO/c1-15(2)10(16)13(14)11-6-3-4-7-12(11,13)9-5-8-11/h3-4,6-7H,5,8-9H2,1-2H3. The highest BCUT2D eigenvalue weighted by atomic mass is 19.1. The van der Waals surface area contributed by atoms with Gasteiger partial charge in [0.05, 0.1) is 0 Å². The summed E-state index contributed by atoms with van der Waals surface area (Å²) < 4.78 is 15.1. The van der Waals surface area contributed by atoms with Crippen molar-refractivity contribution in [3.05, 3.63) is 24.3 Å². The third-order valence-electron chi connectivity index (χ3n) is 4.68. The van der Waals surface area contributed by atoms with Crippen LogP contribution in [-0.4, -0.2) is 30.6 Å². The van der Waals surface area contributed by atoms with Crippen LogP contribution in [0.2, 0.25) is 0 Å². The van der Waals surface area contributed by atoms with E-state index in [1.165, 1.54) is 4.90 Å². The van der Waals surface area contributed by atoms with Gasteiger partial charge in [-0.25, -0.2) is 4.39 Å². The van der Waals surface area contributed by atoms with Crippen LogP contribution in [0.4, 0.5) is 4.39 Å². The number of rotatable bonds is 1. The van der Waals surface area contributed by atoms with E-state index in [0.29, 0.717) is 0 Å². The molecule has 1 amide bonds. The molecule has 2 unspecified atom stereocenters. The molecule has 0 radical (unpaired) electrons. The zero-order valence-corrected chi connectivity index (χ0v) is 9.66. The minimum Gasteiger partial charge on any atom is -0.346 e. The first kappa shape index (κ1) is 10.1. The molecule has 2 nitrogen and oxygen atoms in total. The third-order valence-corrected chi connectivity index (χ3v) is 4.68. The van der Waals surface area contributed by atoms with Gasteiger partial charge in [-0.1, -0.05) is 30.7 Å².